The fraction of sp³-hybridized carbons (Fsp3) is 0.602. The van der Waals surface area contributed by atoms with E-state index in [9.17, 15) is 0 Å². The average molecular weight is 2010 g/mol. The van der Waals surface area contributed by atoms with Crippen LogP contribution < -0.4 is 4.78 Å². The second-order valence-corrected chi connectivity index (χ2v) is 51.3. The van der Waals surface area contributed by atoms with E-state index in [1.807, 2.05) is 100 Å². The van der Waals surface area contributed by atoms with Crippen molar-refractivity contribution in [1.82, 2.24) is 9.80 Å². The molecule has 10 aromatic rings. The van der Waals surface area contributed by atoms with Gasteiger partial charge in [0, 0.05) is 108 Å². The van der Waals surface area contributed by atoms with Crippen molar-refractivity contribution < 1.29 is 18.9 Å². The third kappa shape index (κ3) is 33.4. The molecule has 1 fully saturated rings. The van der Waals surface area contributed by atoms with Gasteiger partial charge in [-0.1, -0.05) is 343 Å². The summed E-state index contributed by atoms with van der Waals surface area (Å²) in [6.07, 6.45) is 70.7. The van der Waals surface area contributed by atoms with Crippen molar-refractivity contribution in [2.24, 2.45) is 11.8 Å². The van der Waals surface area contributed by atoms with Crippen LogP contribution in [0.5, 0.6) is 0 Å². The number of hydrogen-bond acceptors (Lipinski definition) is 14. The van der Waals surface area contributed by atoms with Crippen LogP contribution in [0, 0.1) is 18.8 Å². The molecule has 3 atom stereocenters. The Morgan fingerprint density at radius 3 is 0.719 bits per heavy atom. The number of carbonyl (C=O) groups is 2. The first-order chi connectivity index (χ1) is 66.0. The first-order valence-corrected chi connectivity index (χ1v) is 62.5. The van der Waals surface area contributed by atoms with E-state index in [1.165, 1.54) is 410 Å². The fourth-order valence-corrected chi connectivity index (χ4v) is 30.5. The van der Waals surface area contributed by atoms with Crippen LogP contribution in [0.25, 0.3) is 79.7 Å². The van der Waals surface area contributed by atoms with Crippen molar-refractivity contribution in [1.29, 1.82) is 0 Å². The van der Waals surface area contributed by atoms with Crippen molar-refractivity contribution in [2.75, 3.05) is 13.1 Å². The van der Waals surface area contributed by atoms with Gasteiger partial charge in [-0.15, -0.1) is 113 Å². The standard InChI is InChI=1S/C98H140N2O2S8.C20H28BO2S2/c1-7-13-19-25-29-33-35-39-43-47-53-75(51-45-41-37-31-27-21-15-9-3)73-99-95(91-71-69-89(109-91)87-67-65-85(107-87)83-63-61-81(105-83)79-59-57-77(103-79)55-49-23-17-11-5)93-94(97(99)101)96(100(98(93)102)74-76(52-46-42-38-32-28-22-16-10-4)54-48-44-40-36-34-30-26-20-14-8-2)92-72-70-90(110-92)88-68-66-86(108-88)84-64-62-82(106-84)80-60-58-78(104-80)56-50-24-18-12-6;1-6-7-8-9-10-15-11-12-16(24-15)17-13-14-18(25-17)21-22-19(2,3)20(4,5)23-21/h57-72,75-76H,7-56,73-74H2,1-6H3;11-14H,2,6-10H2,1,3-5H3/q;+1. The van der Waals surface area contributed by atoms with Gasteiger partial charge >= 0.3 is 7.12 Å². The van der Waals surface area contributed by atoms with Crippen LogP contribution in [0.15, 0.2) is 132 Å². The van der Waals surface area contributed by atoms with Crippen molar-refractivity contribution in [3.8, 4) is 68.3 Å². The number of nitrogens with zero attached hydrogens (tertiary/aromatic N) is 2. The minimum Gasteiger partial charge on any atom is -0.394 e. The molecule has 0 aliphatic carbocycles. The Kier molecular flexibility index (Phi) is 48.0. The van der Waals surface area contributed by atoms with Gasteiger partial charge in [-0.2, -0.15) is 0 Å². The number of thiophene rings is 10. The molecule has 736 valence electrons. The Bertz CT molecular complexity index is 4820. The summed E-state index contributed by atoms with van der Waals surface area (Å²) in [4.78, 5) is 62.6. The predicted octanol–water partition coefficient (Wildman–Crippen LogP) is 40.9. The van der Waals surface area contributed by atoms with Crippen LogP contribution in [-0.4, -0.2) is 53.0 Å². The van der Waals surface area contributed by atoms with Crippen LogP contribution >= 0.6 is 113 Å². The van der Waals surface area contributed by atoms with Crippen molar-refractivity contribution in [3.05, 3.63) is 164 Å². The number of fused-ring (bicyclic) bond motifs is 1. The molecular formula is C118H168BN2O4S10+. The van der Waals surface area contributed by atoms with E-state index < -0.39 is 11.2 Å². The summed E-state index contributed by atoms with van der Waals surface area (Å²) in [5.41, 5.74) is 2.17. The van der Waals surface area contributed by atoms with Gasteiger partial charge in [-0.3, -0.25) is 9.59 Å². The Labute approximate surface area is 859 Å². The van der Waals surface area contributed by atoms with Crippen molar-refractivity contribution in [2.45, 2.75) is 434 Å². The number of amides is 2. The minimum atomic E-state index is -0.531. The molecular weight excluding hydrogens is 1840 g/mol. The molecule has 17 heteroatoms. The topological polar surface area (TPSA) is 59.1 Å². The average Bonchev–Trinajstić information content (AvgIpc) is 1.55. The molecule has 0 spiro atoms. The molecule has 3 aliphatic rings. The second-order valence-electron chi connectivity index (χ2n) is 40.2. The molecule has 0 N–H and O–H groups in total. The zero-order chi connectivity index (χ0) is 94.8. The third-order valence-electron chi connectivity index (χ3n) is 28.4. The van der Waals surface area contributed by atoms with Crippen molar-refractivity contribution >= 4 is 148 Å². The summed E-state index contributed by atoms with van der Waals surface area (Å²) < 4.78 is 13.3. The lowest BCUT2D eigenvalue weighted by molar-refractivity contribution is -0.124. The highest BCUT2D eigenvalue weighted by molar-refractivity contribution is 7.30. The van der Waals surface area contributed by atoms with Crippen LogP contribution in [0.1, 0.15) is 428 Å². The van der Waals surface area contributed by atoms with Gasteiger partial charge in [-0.25, -0.2) is 0 Å². The molecule has 0 saturated carbocycles. The molecule has 1 saturated heterocycles. The summed E-state index contributed by atoms with van der Waals surface area (Å²) in [6.45, 7) is 27.7. The quantitative estimate of drug-likeness (QED) is 0.0217. The first-order valence-electron chi connectivity index (χ1n) is 54.4. The predicted molar refractivity (Wildman–Crippen MR) is 607 cm³/mol. The number of unbranched alkanes of at least 4 members (excludes halogenated alkanes) is 41. The molecule has 13 heterocycles. The molecule has 0 radical (unpaired) electrons. The summed E-state index contributed by atoms with van der Waals surface area (Å²) in [5.74, 6) is 0.790. The fourth-order valence-electron chi connectivity index (χ4n) is 19.6. The van der Waals surface area contributed by atoms with Crippen LogP contribution in [0.2, 0.25) is 0 Å². The van der Waals surface area contributed by atoms with E-state index >= 15 is 9.59 Å². The van der Waals surface area contributed by atoms with Crippen molar-refractivity contribution in [3.63, 3.8) is 0 Å². The number of rotatable bonds is 69. The Morgan fingerprint density at radius 2 is 0.467 bits per heavy atom. The van der Waals surface area contributed by atoms with Crippen LogP contribution in [-0.2, 0) is 38.2 Å². The zero-order valence-electron chi connectivity index (χ0n) is 84.9. The first kappa shape index (κ1) is 109. The minimum absolute atomic E-state index is 0.0478. The Hall–Kier alpha value is -4.73. The van der Waals surface area contributed by atoms with Gasteiger partial charge in [0.25, 0.3) is 11.8 Å². The van der Waals surface area contributed by atoms with E-state index in [4.69, 9.17) is 9.31 Å². The summed E-state index contributed by atoms with van der Waals surface area (Å²) in [7, 11) is -0.315. The number of aryl methyl sites for hydroxylation is 3. The van der Waals surface area contributed by atoms with Gasteiger partial charge in [-0.05, 0) is 205 Å². The lowest BCUT2D eigenvalue weighted by atomic mass is 9.88. The van der Waals surface area contributed by atoms with Gasteiger partial charge in [0.1, 0.15) is 5.60 Å². The van der Waals surface area contributed by atoms with E-state index in [0.29, 0.717) is 36.1 Å². The molecule has 135 heavy (non-hydrogen) atoms. The maximum absolute atomic E-state index is 16.7. The lowest BCUT2D eigenvalue weighted by Gasteiger charge is -2.29. The second kappa shape index (κ2) is 59.4. The largest absolute Gasteiger partial charge is 0.508 e. The molecule has 0 aromatic carbocycles. The van der Waals surface area contributed by atoms with E-state index in [0.717, 1.165) is 51.6 Å². The van der Waals surface area contributed by atoms with Gasteiger partial charge in [0.15, 0.2) is 0 Å². The van der Waals surface area contributed by atoms with E-state index in [2.05, 4.69) is 187 Å². The van der Waals surface area contributed by atoms with E-state index in [1.54, 1.807) is 34.0 Å². The normalized spacial score (nSPS) is 15.5. The summed E-state index contributed by atoms with van der Waals surface area (Å²) in [6, 6.07) is 46.0. The summed E-state index contributed by atoms with van der Waals surface area (Å²) in [5, 5.41) is 0. The van der Waals surface area contributed by atoms with Gasteiger partial charge in [0.2, 0.25) is 5.60 Å². The molecule has 2 amide bonds. The molecule has 0 bridgehead atoms. The van der Waals surface area contributed by atoms with Crippen LogP contribution in [0.3, 0.4) is 0 Å². The van der Waals surface area contributed by atoms with Gasteiger partial charge < -0.3 is 19.1 Å². The summed E-state index contributed by atoms with van der Waals surface area (Å²) >= 11 is 18.8. The SMILES string of the molecule is CCCCCCCCCCCCC(CCCCCCCCCC)CN1C(=O)C2=C(c3ccc(-c4ccc(-c5ccc(-c6ccc(CCCCCC)s6)s5)s4)s3)N(CC(CCCCCCCCCC)CCCCCCCCCCCC)C(=O)C2=C1c1ccc(-c2ccc(-c3ccc(-c4ccc(CCCCCC)s4)s3)s2)s1.[CH2+]C1(C)OB(c2ccc(-c3ccc(CCCCCC)s3)s2)OC1(C)C. The molecule has 10 aromatic heterocycles. The monoisotopic (exact) mass is 2010 g/mol. The smallest absolute Gasteiger partial charge is 0.394 e. The molecule has 6 nitrogen and oxygen atoms in total. The third-order valence-corrected chi connectivity index (χ3v) is 40.9. The Balaban J connectivity index is 0.000000562. The lowest BCUT2D eigenvalue weighted by Crippen LogP contribution is -2.42. The van der Waals surface area contributed by atoms with E-state index in [-0.39, 0.29) is 18.9 Å². The molecule has 13 rings (SSSR count). The highest BCUT2D eigenvalue weighted by Gasteiger charge is 2.58. The van der Waals surface area contributed by atoms with Gasteiger partial charge in [0.05, 0.1) is 39.2 Å². The zero-order valence-corrected chi connectivity index (χ0v) is 93.1. The molecule has 3 aliphatic heterocycles. The number of hydrogen-bond donors (Lipinski definition) is 0. The maximum Gasteiger partial charge on any atom is 0.508 e. The highest BCUT2D eigenvalue weighted by atomic mass is 32.1. The van der Waals surface area contributed by atoms with Crippen LogP contribution in [0.4, 0.5) is 0 Å². The highest BCUT2D eigenvalue weighted by Crippen LogP contribution is 2.54. The Morgan fingerprint density at radius 1 is 0.259 bits per heavy atom. The molecule has 3 unspecified atom stereocenters. The maximum atomic E-state index is 16.7. The number of carbonyl (C=O) groups excluding carboxylic acids is 2.